The van der Waals surface area contributed by atoms with Crippen LogP contribution in [-0.2, 0) is 10.0 Å². The van der Waals surface area contributed by atoms with Gasteiger partial charge >= 0.3 is 0 Å². The molecule has 1 unspecified atom stereocenters. The summed E-state index contributed by atoms with van der Waals surface area (Å²) < 4.78 is 98.3. The molecule has 1 aliphatic carbocycles. The summed E-state index contributed by atoms with van der Waals surface area (Å²) in [6, 6.07) is 18.0. The Morgan fingerprint density at radius 3 is 2.20 bits per heavy atom. The van der Waals surface area contributed by atoms with Gasteiger partial charge in [0, 0.05) is 24.8 Å². The smallest absolute Gasteiger partial charge is 0.250 e. The molecule has 3 aromatic carbocycles. The first-order valence-corrected chi connectivity index (χ1v) is 14.6. The van der Waals surface area contributed by atoms with Gasteiger partial charge in [0.1, 0.15) is 11.5 Å². The lowest BCUT2D eigenvalue weighted by Crippen LogP contribution is -2.41. The second-order valence-electron chi connectivity index (χ2n) is 10.0. The van der Waals surface area contributed by atoms with Crippen LogP contribution in [0.15, 0.2) is 71.8 Å². The fourth-order valence-corrected chi connectivity index (χ4v) is 6.46. The van der Waals surface area contributed by atoms with Crippen LogP contribution in [0.4, 0.5) is 17.6 Å². The van der Waals surface area contributed by atoms with Crippen LogP contribution in [0.2, 0.25) is 0 Å². The minimum absolute atomic E-state index is 0.0151. The fraction of sp³-hybridized carbons (Fsp3) is 0.276. The summed E-state index contributed by atoms with van der Waals surface area (Å²) in [5.74, 6) is -7.93. The molecule has 41 heavy (non-hydrogen) atoms. The van der Waals surface area contributed by atoms with Crippen molar-refractivity contribution < 1.29 is 35.5 Å². The van der Waals surface area contributed by atoms with Crippen molar-refractivity contribution in [2.75, 3.05) is 13.1 Å². The van der Waals surface area contributed by atoms with Gasteiger partial charge in [-0.1, -0.05) is 18.2 Å². The van der Waals surface area contributed by atoms with E-state index in [0.717, 1.165) is 9.87 Å². The Kier molecular flexibility index (Phi) is 7.20. The maximum Gasteiger partial charge on any atom is 0.250 e. The number of piperidine rings is 1. The van der Waals surface area contributed by atoms with Crippen molar-refractivity contribution >= 4 is 10.0 Å². The number of para-hydroxylation sites is 1. The minimum atomic E-state index is -4.79. The third-order valence-corrected chi connectivity index (χ3v) is 8.95. The number of hydrogen-bond acceptors (Lipinski definition) is 5. The standard InChI is InChI=1S/C29H25F4N3O4S/c30-24-25(31)27(33)29(28(26(24)32)40-22-12-13-22)41(37,38)35-15-4-5-19(17-35)36-16-14-23(34-36)18-8-10-21(11-9-18)39-20-6-2-1-3-7-20/h1-3,6-11,14,16,19,22H,4-5,12-13,15,17H2. The molecule has 1 aliphatic heterocycles. The molecule has 2 heterocycles. The predicted octanol–water partition coefficient (Wildman–Crippen LogP) is 6.47. The molecule has 12 heteroatoms. The van der Waals surface area contributed by atoms with Crippen LogP contribution in [0.25, 0.3) is 11.3 Å². The molecule has 2 fully saturated rings. The highest BCUT2D eigenvalue weighted by Crippen LogP contribution is 2.40. The van der Waals surface area contributed by atoms with Crippen LogP contribution >= 0.6 is 0 Å². The lowest BCUT2D eigenvalue weighted by atomic mass is 10.1. The molecule has 2 aliphatic rings. The molecule has 1 saturated heterocycles. The molecule has 1 atom stereocenters. The van der Waals surface area contributed by atoms with Gasteiger partial charge in [0.15, 0.2) is 22.3 Å². The van der Waals surface area contributed by atoms with Crippen LogP contribution in [0.5, 0.6) is 17.2 Å². The van der Waals surface area contributed by atoms with Crippen molar-refractivity contribution in [2.24, 2.45) is 0 Å². The molecule has 0 bridgehead atoms. The largest absolute Gasteiger partial charge is 0.486 e. The van der Waals surface area contributed by atoms with Gasteiger partial charge in [0.05, 0.1) is 17.8 Å². The fourth-order valence-electron chi connectivity index (χ4n) is 4.78. The Morgan fingerprint density at radius 2 is 1.49 bits per heavy atom. The van der Waals surface area contributed by atoms with Gasteiger partial charge in [0.25, 0.3) is 0 Å². The lowest BCUT2D eigenvalue weighted by Gasteiger charge is -2.32. The number of hydrogen-bond donors (Lipinski definition) is 0. The Morgan fingerprint density at radius 1 is 0.805 bits per heavy atom. The number of rotatable bonds is 8. The van der Waals surface area contributed by atoms with E-state index in [2.05, 4.69) is 5.10 Å². The van der Waals surface area contributed by atoms with Gasteiger partial charge in [-0.2, -0.15) is 13.8 Å². The third-order valence-electron chi connectivity index (χ3n) is 7.06. The van der Waals surface area contributed by atoms with E-state index >= 15 is 0 Å². The molecule has 1 aromatic heterocycles. The molecule has 0 N–H and O–H groups in total. The predicted molar refractivity (Wildman–Crippen MR) is 141 cm³/mol. The van der Waals surface area contributed by atoms with Gasteiger partial charge in [-0.05, 0) is 68.1 Å². The van der Waals surface area contributed by atoms with E-state index in [1.165, 1.54) is 0 Å². The van der Waals surface area contributed by atoms with Crippen molar-refractivity contribution in [3.05, 3.63) is 90.1 Å². The zero-order chi connectivity index (χ0) is 28.7. The van der Waals surface area contributed by atoms with Crippen molar-refractivity contribution in [3.63, 3.8) is 0 Å². The zero-order valence-electron chi connectivity index (χ0n) is 21.6. The average Bonchev–Trinajstić information content (AvgIpc) is 3.67. The number of benzene rings is 3. The Bertz CT molecular complexity index is 1680. The topological polar surface area (TPSA) is 73.7 Å². The summed E-state index contributed by atoms with van der Waals surface area (Å²) >= 11 is 0. The van der Waals surface area contributed by atoms with Crippen molar-refractivity contribution in [1.82, 2.24) is 14.1 Å². The van der Waals surface area contributed by atoms with E-state index in [4.69, 9.17) is 9.47 Å². The molecule has 1 saturated carbocycles. The second-order valence-corrected chi connectivity index (χ2v) is 11.9. The number of sulfonamides is 1. The molecule has 214 valence electrons. The van der Waals surface area contributed by atoms with Crippen LogP contribution in [0, 0.1) is 23.3 Å². The minimum Gasteiger partial charge on any atom is -0.486 e. The van der Waals surface area contributed by atoms with E-state index in [-0.39, 0.29) is 13.1 Å². The normalized spacial score (nSPS) is 17.9. The summed E-state index contributed by atoms with van der Waals surface area (Å²) in [6.07, 6.45) is 3.02. The van der Waals surface area contributed by atoms with Crippen molar-refractivity contribution in [2.45, 2.75) is 42.7 Å². The van der Waals surface area contributed by atoms with Crippen LogP contribution in [-0.4, -0.2) is 41.7 Å². The highest BCUT2D eigenvalue weighted by Gasteiger charge is 2.41. The van der Waals surface area contributed by atoms with E-state index < -0.39 is 56.1 Å². The van der Waals surface area contributed by atoms with E-state index in [1.54, 1.807) is 16.9 Å². The quantitative estimate of drug-likeness (QED) is 0.134. The number of nitrogens with zero attached hydrogens (tertiary/aromatic N) is 3. The maximum absolute atomic E-state index is 14.9. The number of aromatic nitrogens is 2. The average molecular weight is 588 g/mol. The highest BCUT2D eigenvalue weighted by atomic mass is 32.2. The first-order chi connectivity index (χ1) is 19.7. The lowest BCUT2D eigenvalue weighted by molar-refractivity contribution is 0.244. The summed E-state index contributed by atoms with van der Waals surface area (Å²) in [7, 11) is -4.79. The summed E-state index contributed by atoms with van der Waals surface area (Å²) in [5, 5.41) is 4.62. The number of halogens is 4. The van der Waals surface area contributed by atoms with Crippen molar-refractivity contribution in [3.8, 4) is 28.5 Å². The Hall–Kier alpha value is -3.90. The highest BCUT2D eigenvalue weighted by molar-refractivity contribution is 7.89. The van der Waals surface area contributed by atoms with E-state index in [0.29, 0.717) is 42.9 Å². The van der Waals surface area contributed by atoms with Gasteiger partial charge in [0.2, 0.25) is 21.7 Å². The van der Waals surface area contributed by atoms with E-state index in [9.17, 15) is 26.0 Å². The van der Waals surface area contributed by atoms with Gasteiger partial charge in [-0.25, -0.2) is 21.6 Å². The van der Waals surface area contributed by atoms with Gasteiger partial charge < -0.3 is 9.47 Å². The Balaban J connectivity index is 1.22. The molecule has 0 amide bonds. The van der Waals surface area contributed by atoms with Gasteiger partial charge in [-0.3, -0.25) is 4.68 Å². The molecule has 6 rings (SSSR count). The number of ether oxygens (including phenoxy) is 2. The third kappa shape index (κ3) is 5.41. The Labute approximate surface area is 234 Å². The van der Waals surface area contributed by atoms with Gasteiger partial charge in [-0.15, -0.1) is 0 Å². The first kappa shape index (κ1) is 27.3. The molecule has 4 aromatic rings. The second kappa shape index (κ2) is 10.8. The van der Waals surface area contributed by atoms with Crippen LogP contribution < -0.4 is 9.47 Å². The molecular formula is C29H25F4N3O4S. The molecular weight excluding hydrogens is 562 g/mol. The molecule has 0 radical (unpaired) electrons. The van der Waals surface area contributed by atoms with Crippen molar-refractivity contribution in [1.29, 1.82) is 0 Å². The zero-order valence-corrected chi connectivity index (χ0v) is 22.5. The maximum atomic E-state index is 14.9. The summed E-state index contributed by atoms with van der Waals surface area (Å²) in [6.45, 7) is -0.144. The summed E-state index contributed by atoms with van der Waals surface area (Å²) in [5.41, 5.74) is 1.45. The molecule has 7 nitrogen and oxygen atoms in total. The van der Waals surface area contributed by atoms with Crippen LogP contribution in [0.1, 0.15) is 31.7 Å². The van der Waals surface area contributed by atoms with Crippen LogP contribution in [0.3, 0.4) is 0 Å². The monoisotopic (exact) mass is 587 g/mol. The SMILES string of the molecule is O=S(=O)(c1c(F)c(F)c(F)c(F)c1OC1CC1)N1CCCC(n2ccc(-c3ccc(Oc4ccccc4)cc3)n2)C1. The van der Waals surface area contributed by atoms with E-state index in [1.807, 2.05) is 54.6 Å². The summed E-state index contributed by atoms with van der Waals surface area (Å²) in [4.78, 5) is -1.32. The molecule has 0 spiro atoms. The first-order valence-electron chi connectivity index (χ1n) is 13.1.